The summed E-state index contributed by atoms with van der Waals surface area (Å²) in [6.45, 7) is 12.3. The largest absolute Gasteiger partial charge is 0.308 e. The fraction of sp³-hybridized carbons (Fsp3) is 0.375. The molecule has 1 aromatic carbocycles. The first kappa shape index (κ1) is 12.1. The summed E-state index contributed by atoms with van der Waals surface area (Å²) < 4.78 is 1.09. The lowest BCUT2D eigenvalue weighted by atomic mass is 9.83. The van der Waals surface area contributed by atoms with E-state index in [0.717, 1.165) is 17.6 Å². The SMILES string of the molecule is C=CC[N+]1(CC=C)[C@H](C)C[C@H]1c1ccccc1. The van der Waals surface area contributed by atoms with E-state index in [1.165, 1.54) is 12.0 Å². The Morgan fingerprint density at radius 2 is 1.76 bits per heavy atom. The van der Waals surface area contributed by atoms with Crippen molar-refractivity contribution in [3.63, 3.8) is 0 Å². The fourth-order valence-electron chi connectivity index (χ4n) is 3.19. The summed E-state index contributed by atoms with van der Waals surface area (Å²) in [6.07, 6.45) is 5.37. The number of hydrogen-bond acceptors (Lipinski definition) is 0. The summed E-state index contributed by atoms with van der Waals surface area (Å²) in [5, 5.41) is 0. The van der Waals surface area contributed by atoms with Crippen LogP contribution in [0.4, 0.5) is 0 Å². The Labute approximate surface area is 105 Å². The maximum Gasteiger partial charge on any atom is 0.121 e. The molecule has 1 saturated heterocycles. The molecule has 1 heteroatoms. The van der Waals surface area contributed by atoms with Gasteiger partial charge in [-0.2, -0.15) is 0 Å². The van der Waals surface area contributed by atoms with Crippen LogP contribution < -0.4 is 0 Å². The average molecular weight is 228 g/mol. The monoisotopic (exact) mass is 228 g/mol. The maximum absolute atomic E-state index is 3.92. The number of hydrogen-bond donors (Lipinski definition) is 0. The molecule has 0 aromatic heterocycles. The van der Waals surface area contributed by atoms with Gasteiger partial charge in [0.15, 0.2) is 0 Å². The van der Waals surface area contributed by atoms with E-state index >= 15 is 0 Å². The van der Waals surface area contributed by atoms with Gasteiger partial charge >= 0.3 is 0 Å². The smallest absolute Gasteiger partial charge is 0.121 e. The van der Waals surface area contributed by atoms with Gasteiger partial charge in [-0.1, -0.05) is 43.5 Å². The van der Waals surface area contributed by atoms with Gasteiger partial charge < -0.3 is 4.48 Å². The van der Waals surface area contributed by atoms with Crippen LogP contribution in [0, 0.1) is 0 Å². The Balaban J connectivity index is 2.29. The van der Waals surface area contributed by atoms with Gasteiger partial charge in [-0.25, -0.2) is 0 Å². The molecule has 0 amide bonds. The van der Waals surface area contributed by atoms with Gasteiger partial charge in [0.2, 0.25) is 0 Å². The lowest BCUT2D eigenvalue weighted by Crippen LogP contribution is -2.65. The highest BCUT2D eigenvalue weighted by atomic mass is 15.4. The zero-order valence-electron chi connectivity index (χ0n) is 10.7. The Morgan fingerprint density at radius 3 is 2.24 bits per heavy atom. The van der Waals surface area contributed by atoms with Crippen molar-refractivity contribution in [1.29, 1.82) is 0 Å². The molecule has 90 valence electrons. The fourth-order valence-corrected chi connectivity index (χ4v) is 3.19. The summed E-state index contributed by atoms with van der Waals surface area (Å²) in [5.74, 6) is 0. The van der Waals surface area contributed by atoms with Crippen LogP contribution in [-0.2, 0) is 0 Å². The summed E-state index contributed by atoms with van der Waals surface area (Å²) >= 11 is 0. The van der Waals surface area contributed by atoms with Crippen LogP contribution in [0.1, 0.15) is 24.9 Å². The summed E-state index contributed by atoms with van der Waals surface area (Å²) in [4.78, 5) is 0. The topological polar surface area (TPSA) is 0 Å². The van der Waals surface area contributed by atoms with Crippen molar-refractivity contribution >= 4 is 0 Å². The minimum absolute atomic E-state index is 0.613. The third-order valence-corrected chi connectivity index (χ3v) is 4.19. The lowest BCUT2D eigenvalue weighted by Gasteiger charge is -2.57. The van der Waals surface area contributed by atoms with E-state index < -0.39 is 0 Å². The van der Waals surface area contributed by atoms with E-state index in [2.05, 4.69) is 62.6 Å². The second kappa shape index (κ2) is 4.89. The molecule has 1 aliphatic rings. The minimum Gasteiger partial charge on any atom is -0.308 e. The van der Waals surface area contributed by atoms with Crippen molar-refractivity contribution in [1.82, 2.24) is 0 Å². The number of benzene rings is 1. The van der Waals surface area contributed by atoms with Crippen molar-refractivity contribution < 1.29 is 4.48 Å². The van der Waals surface area contributed by atoms with Gasteiger partial charge in [-0.3, -0.25) is 0 Å². The van der Waals surface area contributed by atoms with Crippen molar-refractivity contribution in [3.05, 3.63) is 61.2 Å². The Hall–Kier alpha value is -1.34. The molecule has 17 heavy (non-hydrogen) atoms. The molecular formula is C16H22N+. The van der Waals surface area contributed by atoms with Gasteiger partial charge in [0, 0.05) is 5.56 Å². The van der Waals surface area contributed by atoms with Crippen LogP contribution in [-0.4, -0.2) is 23.6 Å². The Morgan fingerprint density at radius 1 is 1.18 bits per heavy atom. The Kier molecular flexibility index (Phi) is 3.49. The first-order valence-corrected chi connectivity index (χ1v) is 6.38. The standard InChI is InChI=1S/C16H22N/c1-4-11-17(12-5-2)14(3)13-16(17)15-9-7-6-8-10-15/h4-10,14,16H,1-2,11-13H2,3H3/q+1/t14-,16+/m1/s1. The van der Waals surface area contributed by atoms with Crippen molar-refractivity contribution in [2.24, 2.45) is 0 Å². The molecule has 2 atom stereocenters. The summed E-state index contributed by atoms with van der Waals surface area (Å²) in [5.41, 5.74) is 1.45. The molecule has 1 aliphatic heterocycles. The normalized spacial score (nSPS) is 25.9. The van der Waals surface area contributed by atoms with Crippen LogP contribution in [0.25, 0.3) is 0 Å². The zero-order chi connectivity index (χ0) is 12.3. The molecule has 1 nitrogen and oxygen atoms in total. The average Bonchev–Trinajstić information content (AvgIpc) is 2.36. The molecule has 0 radical (unpaired) electrons. The third-order valence-electron chi connectivity index (χ3n) is 4.19. The molecule has 2 rings (SSSR count). The number of nitrogens with zero attached hydrogens (tertiary/aromatic N) is 1. The second-order valence-electron chi connectivity index (χ2n) is 5.06. The van der Waals surface area contributed by atoms with Gasteiger partial charge in [0.05, 0.1) is 25.6 Å². The van der Waals surface area contributed by atoms with Gasteiger partial charge in [0.1, 0.15) is 6.04 Å². The molecule has 0 bridgehead atoms. The Bertz CT molecular complexity index is 383. The highest BCUT2D eigenvalue weighted by Gasteiger charge is 2.51. The van der Waals surface area contributed by atoms with E-state index in [1.807, 2.05) is 0 Å². The first-order chi connectivity index (χ1) is 8.24. The van der Waals surface area contributed by atoms with Crippen LogP contribution in [0.3, 0.4) is 0 Å². The predicted molar refractivity (Wildman–Crippen MR) is 73.7 cm³/mol. The van der Waals surface area contributed by atoms with Crippen LogP contribution in [0.15, 0.2) is 55.6 Å². The molecule has 1 heterocycles. The summed E-state index contributed by atoms with van der Waals surface area (Å²) in [6, 6.07) is 12.2. The van der Waals surface area contributed by atoms with Crippen LogP contribution in [0.2, 0.25) is 0 Å². The molecule has 1 fully saturated rings. The van der Waals surface area contributed by atoms with Crippen LogP contribution >= 0.6 is 0 Å². The highest BCUT2D eigenvalue weighted by Crippen LogP contribution is 2.46. The number of likely N-dealkylation sites (tertiary alicyclic amines) is 1. The minimum atomic E-state index is 0.613. The zero-order valence-corrected chi connectivity index (χ0v) is 10.7. The van der Waals surface area contributed by atoms with E-state index in [0.29, 0.717) is 12.1 Å². The first-order valence-electron chi connectivity index (χ1n) is 6.38. The molecule has 1 aromatic rings. The molecule has 0 aliphatic carbocycles. The second-order valence-corrected chi connectivity index (χ2v) is 5.06. The van der Waals surface area contributed by atoms with Crippen LogP contribution in [0.5, 0.6) is 0 Å². The van der Waals surface area contributed by atoms with Crippen molar-refractivity contribution in [3.8, 4) is 0 Å². The highest BCUT2D eigenvalue weighted by molar-refractivity contribution is 5.19. The van der Waals surface area contributed by atoms with Gasteiger partial charge in [0.25, 0.3) is 0 Å². The van der Waals surface area contributed by atoms with Gasteiger partial charge in [-0.05, 0) is 19.1 Å². The molecule has 0 spiro atoms. The predicted octanol–water partition coefficient (Wildman–Crippen LogP) is 3.71. The summed E-state index contributed by atoms with van der Waals surface area (Å²) in [7, 11) is 0. The lowest BCUT2D eigenvalue weighted by molar-refractivity contribution is -1.01. The number of rotatable bonds is 5. The third kappa shape index (κ3) is 1.96. The molecule has 0 N–H and O–H groups in total. The quantitative estimate of drug-likeness (QED) is 0.532. The molecular weight excluding hydrogens is 206 g/mol. The molecule has 0 saturated carbocycles. The molecule has 0 unspecified atom stereocenters. The van der Waals surface area contributed by atoms with E-state index in [4.69, 9.17) is 0 Å². The number of quaternary nitrogens is 1. The van der Waals surface area contributed by atoms with Gasteiger partial charge in [-0.15, -0.1) is 0 Å². The van der Waals surface area contributed by atoms with E-state index in [9.17, 15) is 0 Å². The van der Waals surface area contributed by atoms with Crippen molar-refractivity contribution in [2.45, 2.75) is 25.4 Å². The van der Waals surface area contributed by atoms with Crippen molar-refractivity contribution in [2.75, 3.05) is 13.1 Å². The van der Waals surface area contributed by atoms with E-state index in [-0.39, 0.29) is 0 Å². The van der Waals surface area contributed by atoms with E-state index in [1.54, 1.807) is 0 Å². The maximum atomic E-state index is 3.92.